The van der Waals surface area contributed by atoms with Crippen molar-refractivity contribution in [2.24, 2.45) is 11.3 Å². The Hall–Kier alpha value is -1.02. The first-order valence-corrected chi connectivity index (χ1v) is 6.43. The van der Waals surface area contributed by atoms with Crippen molar-refractivity contribution in [1.29, 1.82) is 0 Å². The van der Waals surface area contributed by atoms with Gasteiger partial charge in [-0.1, -0.05) is 25.5 Å². The van der Waals surface area contributed by atoms with E-state index in [1.165, 1.54) is 5.57 Å². The van der Waals surface area contributed by atoms with Gasteiger partial charge in [-0.3, -0.25) is 0 Å². The van der Waals surface area contributed by atoms with Crippen LogP contribution in [0.5, 0.6) is 0 Å². The maximum Gasteiger partial charge on any atom is 0.116 e. The molecule has 2 unspecified atom stereocenters. The van der Waals surface area contributed by atoms with Crippen molar-refractivity contribution in [1.82, 2.24) is 0 Å². The maximum absolute atomic E-state index is 10.3. The number of hydrogen-bond donors (Lipinski definition) is 1. The van der Waals surface area contributed by atoms with Crippen molar-refractivity contribution in [3.8, 4) is 0 Å². The van der Waals surface area contributed by atoms with Gasteiger partial charge < -0.3 is 9.52 Å². The fourth-order valence-corrected chi connectivity index (χ4v) is 3.75. The minimum absolute atomic E-state index is 0.245. The molecule has 0 saturated carbocycles. The van der Waals surface area contributed by atoms with Gasteiger partial charge in [-0.05, 0) is 37.2 Å². The summed E-state index contributed by atoms with van der Waals surface area (Å²) in [4.78, 5) is 0. The van der Waals surface area contributed by atoms with Crippen LogP contribution in [0.3, 0.4) is 0 Å². The van der Waals surface area contributed by atoms with Crippen LogP contribution in [-0.2, 0) is 0 Å². The van der Waals surface area contributed by atoms with Gasteiger partial charge in [-0.25, -0.2) is 0 Å². The van der Waals surface area contributed by atoms with Crippen LogP contribution >= 0.6 is 0 Å². The molecule has 1 N–H and O–H groups in total. The van der Waals surface area contributed by atoms with Gasteiger partial charge in [0, 0.05) is 11.5 Å². The molecule has 0 aromatic carbocycles. The summed E-state index contributed by atoms with van der Waals surface area (Å²) in [5.74, 6) is 1.79. The number of allylic oxidation sites excluding steroid dienone is 2. The Kier molecular flexibility index (Phi) is 2.27. The zero-order valence-electron chi connectivity index (χ0n) is 10.7. The summed E-state index contributed by atoms with van der Waals surface area (Å²) in [6, 6.07) is 1.93. The van der Waals surface area contributed by atoms with E-state index in [1.54, 1.807) is 6.26 Å². The third kappa shape index (κ3) is 1.58. The van der Waals surface area contributed by atoms with Crippen LogP contribution in [0.25, 0.3) is 0 Å². The Balaban J connectivity index is 2.16. The highest BCUT2D eigenvalue weighted by molar-refractivity contribution is 5.33. The standard InChI is InChI=1S/C15H20O2/c1-9-6-10-8-15(2,3)12(9)7-13(16)11-4-5-17-14(10)11/h4-6,10,12-13,16H,7-8H2,1-3H3/t10?,12?,13-/m1/s1. The second-order valence-electron chi connectivity index (χ2n) is 6.25. The smallest absolute Gasteiger partial charge is 0.116 e. The van der Waals surface area contributed by atoms with E-state index in [9.17, 15) is 5.11 Å². The third-order valence-electron chi connectivity index (χ3n) is 4.58. The van der Waals surface area contributed by atoms with Crippen LogP contribution in [0.2, 0.25) is 0 Å². The summed E-state index contributed by atoms with van der Waals surface area (Å²) in [7, 11) is 0. The highest BCUT2D eigenvalue weighted by atomic mass is 16.3. The second kappa shape index (κ2) is 3.49. The summed E-state index contributed by atoms with van der Waals surface area (Å²) in [6.07, 6.45) is 5.60. The predicted molar refractivity (Wildman–Crippen MR) is 66.7 cm³/mol. The van der Waals surface area contributed by atoms with E-state index < -0.39 is 0 Å². The van der Waals surface area contributed by atoms with E-state index in [4.69, 9.17) is 4.42 Å². The van der Waals surface area contributed by atoms with Gasteiger partial charge in [0.15, 0.2) is 0 Å². The number of hydrogen-bond acceptors (Lipinski definition) is 2. The van der Waals surface area contributed by atoms with Gasteiger partial charge in [0.05, 0.1) is 12.4 Å². The molecule has 0 amide bonds. The lowest BCUT2D eigenvalue weighted by Crippen LogP contribution is -2.34. The number of aliphatic hydroxyl groups is 1. The average Bonchev–Trinajstić information content (AvgIpc) is 2.69. The lowest BCUT2D eigenvalue weighted by atomic mass is 9.61. The lowest BCUT2D eigenvalue weighted by Gasteiger charge is -2.44. The Bertz CT molecular complexity index is 467. The van der Waals surface area contributed by atoms with Gasteiger partial charge in [0.1, 0.15) is 5.76 Å². The third-order valence-corrected chi connectivity index (χ3v) is 4.58. The molecule has 0 radical (unpaired) electrons. The highest BCUT2D eigenvalue weighted by Crippen LogP contribution is 2.52. The van der Waals surface area contributed by atoms with Gasteiger partial charge in [-0.15, -0.1) is 0 Å². The van der Waals surface area contributed by atoms with E-state index in [2.05, 4.69) is 26.8 Å². The fraction of sp³-hybridized carbons (Fsp3) is 0.600. The molecule has 0 fully saturated rings. The fourth-order valence-electron chi connectivity index (χ4n) is 3.75. The van der Waals surface area contributed by atoms with Crippen molar-refractivity contribution < 1.29 is 9.52 Å². The topological polar surface area (TPSA) is 33.4 Å². The first kappa shape index (κ1) is 11.1. The van der Waals surface area contributed by atoms with Gasteiger partial charge in [-0.2, -0.15) is 0 Å². The molecule has 3 aliphatic carbocycles. The molecule has 1 aromatic heterocycles. The van der Waals surface area contributed by atoms with Gasteiger partial charge in [0.25, 0.3) is 0 Å². The van der Waals surface area contributed by atoms with Gasteiger partial charge >= 0.3 is 0 Å². The number of aliphatic hydroxyl groups excluding tert-OH is 1. The maximum atomic E-state index is 10.3. The minimum atomic E-state index is -0.375. The van der Waals surface area contributed by atoms with Crippen molar-refractivity contribution in [3.05, 3.63) is 35.3 Å². The summed E-state index contributed by atoms with van der Waals surface area (Å²) in [5.41, 5.74) is 2.65. The molecular weight excluding hydrogens is 212 g/mol. The molecule has 0 aliphatic heterocycles. The molecule has 1 aromatic rings. The zero-order chi connectivity index (χ0) is 12.2. The lowest BCUT2D eigenvalue weighted by molar-refractivity contribution is 0.0851. The van der Waals surface area contributed by atoms with E-state index in [-0.39, 0.29) is 11.5 Å². The van der Waals surface area contributed by atoms with E-state index in [1.807, 2.05) is 6.07 Å². The largest absolute Gasteiger partial charge is 0.468 e. The molecular formula is C15H20O2. The van der Waals surface area contributed by atoms with E-state index in [0.29, 0.717) is 11.8 Å². The van der Waals surface area contributed by atoms with E-state index in [0.717, 1.165) is 24.2 Å². The number of rotatable bonds is 0. The van der Waals surface area contributed by atoms with Crippen molar-refractivity contribution in [3.63, 3.8) is 0 Å². The number of furan rings is 1. The molecule has 4 rings (SSSR count). The Labute approximate surface area is 102 Å². The van der Waals surface area contributed by atoms with Crippen molar-refractivity contribution in [2.45, 2.75) is 45.6 Å². The molecule has 3 atom stereocenters. The van der Waals surface area contributed by atoms with Gasteiger partial charge in [0.2, 0.25) is 0 Å². The van der Waals surface area contributed by atoms with Crippen LogP contribution in [-0.4, -0.2) is 5.11 Å². The van der Waals surface area contributed by atoms with Crippen LogP contribution in [0.1, 0.15) is 57.0 Å². The SMILES string of the molecule is CC1=CC2CC(C)(C)C1C[C@@H](O)c1ccoc12. The Morgan fingerprint density at radius 3 is 2.88 bits per heavy atom. The number of fused-ring (bicyclic) bond motifs is 2. The zero-order valence-corrected chi connectivity index (χ0v) is 10.7. The molecule has 0 spiro atoms. The first-order valence-electron chi connectivity index (χ1n) is 6.43. The van der Waals surface area contributed by atoms with Crippen LogP contribution < -0.4 is 0 Å². The molecule has 0 saturated heterocycles. The molecule has 2 bridgehead atoms. The summed E-state index contributed by atoms with van der Waals surface area (Å²) < 4.78 is 5.63. The molecule has 1 heterocycles. The molecule has 2 heteroatoms. The molecule has 3 aliphatic rings. The summed E-state index contributed by atoms with van der Waals surface area (Å²) in [5, 5.41) is 10.3. The summed E-state index contributed by atoms with van der Waals surface area (Å²) in [6.45, 7) is 6.81. The van der Waals surface area contributed by atoms with Crippen molar-refractivity contribution >= 4 is 0 Å². The summed E-state index contributed by atoms with van der Waals surface area (Å²) >= 11 is 0. The minimum Gasteiger partial charge on any atom is -0.468 e. The van der Waals surface area contributed by atoms with Crippen LogP contribution in [0.4, 0.5) is 0 Å². The van der Waals surface area contributed by atoms with Crippen molar-refractivity contribution in [2.75, 3.05) is 0 Å². The first-order chi connectivity index (χ1) is 7.99. The van der Waals surface area contributed by atoms with Crippen LogP contribution in [0, 0.1) is 11.3 Å². The predicted octanol–water partition coefficient (Wildman–Crippen LogP) is 3.79. The normalized spacial score (nSPS) is 34.8. The quantitative estimate of drug-likeness (QED) is 0.690. The molecule has 2 nitrogen and oxygen atoms in total. The Morgan fingerprint density at radius 2 is 2.18 bits per heavy atom. The molecule has 92 valence electrons. The van der Waals surface area contributed by atoms with Crippen LogP contribution in [0.15, 0.2) is 28.4 Å². The highest BCUT2D eigenvalue weighted by Gasteiger charge is 2.42. The average molecular weight is 232 g/mol. The monoisotopic (exact) mass is 232 g/mol. The molecule has 17 heavy (non-hydrogen) atoms. The Morgan fingerprint density at radius 1 is 1.41 bits per heavy atom. The second-order valence-corrected chi connectivity index (χ2v) is 6.25. The van der Waals surface area contributed by atoms with E-state index >= 15 is 0 Å².